The molecule has 0 radical (unpaired) electrons. The van der Waals surface area contributed by atoms with E-state index in [4.69, 9.17) is 4.42 Å². The van der Waals surface area contributed by atoms with Gasteiger partial charge in [0.15, 0.2) is 5.69 Å². The molecule has 0 saturated carbocycles. The third-order valence-corrected chi connectivity index (χ3v) is 2.71. The molecule has 0 aliphatic carbocycles. The first kappa shape index (κ1) is 12.2. The second-order valence-electron chi connectivity index (χ2n) is 4.12. The third-order valence-electron chi connectivity index (χ3n) is 2.71. The summed E-state index contributed by atoms with van der Waals surface area (Å²) in [4.78, 5) is 13.3. The predicted molar refractivity (Wildman–Crippen MR) is 71.2 cm³/mol. The van der Waals surface area contributed by atoms with E-state index in [1.54, 1.807) is 18.4 Å². The van der Waals surface area contributed by atoms with Crippen LogP contribution in [0.25, 0.3) is 5.69 Å². The standard InChI is InChI=1S/C14H12N4O2/c19-14(15-9-12-7-4-8-20-12)13-10-16-18(17-13)11-5-2-1-3-6-11/h1-8,10H,9H2,(H,15,19). The van der Waals surface area contributed by atoms with Crippen molar-refractivity contribution in [1.29, 1.82) is 0 Å². The minimum Gasteiger partial charge on any atom is -0.467 e. The molecule has 3 rings (SSSR count). The van der Waals surface area contributed by atoms with Gasteiger partial charge >= 0.3 is 0 Å². The molecule has 2 heterocycles. The summed E-state index contributed by atoms with van der Waals surface area (Å²) in [6, 6.07) is 13.0. The van der Waals surface area contributed by atoms with E-state index in [1.165, 1.54) is 11.0 Å². The van der Waals surface area contributed by atoms with Crippen LogP contribution in [0.15, 0.2) is 59.3 Å². The van der Waals surface area contributed by atoms with Gasteiger partial charge in [0.05, 0.1) is 24.7 Å². The molecular formula is C14H12N4O2. The fourth-order valence-electron chi connectivity index (χ4n) is 1.72. The lowest BCUT2D eigenvalue weighted by molar-refractivity contribution is 0.0942. The van der Waals surface area contributed by atoms with Crippen molar-refractivity contribution in [2.24, 2.45) is 0 Å². The number of carbonyl (C=O) groups is 1. The fraction of sp³-hybridized carbons (Fsp3) is 0.0714. The normalized spacial score (nSPS) is 10.4. The van der Waals surface area contributed by atoms with Crippen molar-refractivity contribution in [3.05, 3.63) is 66.4 Å². The van der Waals surface area contributed by atoms with Crippen LogP contribution < -0.4 is 5.32 Å². The van der Waals surface area contributed by atoms with Gasteiger partial charge in [-0.3, -0.25) is 4.79 Å². The SMILES string of the molecule is O=C(NCc1ccco1)c1cnn(-c2ccccc2)n1. The van der Waals surface area contributed by atoms with Gasteiger partial charge in [-0.2, -0.15) is 9.90 Å². The Morgan fingerprint density at radius 3 is 2.80 bits per heavy atom. The zero-order valence-electron chi connectivity index (χ0n) is 10.6. The number of aromatic nitrogens is 3. The van der Waals surface area contributed by atoms with Crippen molar-refractivity contribution < 1.29 is 9.21 Å². The molecule has 0 saturated heterocycles. The van der Waals surface area contributed by atoms with Crippen molar-refractivity contribution in [2.75, 3.05) is 0 Å². The molecule has 0 aliphatic heterocycles. The van der Waals surface area contributed by atoms with Gasteiger partial charge in [-0.1, -0.05) is 18.2 Å². The van der Waals surface area contributed by atoms with Gasteiger partial charge in [0, 0.05) is 0 Å². The molecule has 6 heteroatoms. The van der Waals surface area contributed by atoms with E-state index in [-0.39, 0.29) is 11.6 Å². The van der Waals surface area contributed by atoms with E-state index in [1.807, 2.05) is 30.3 Å². The lowest BCUT2D eigenvalue weighted by atomic mass is 10.3. The maximum atomic E-state index is 11.9. The molecule has 20 heavy (non-hydrogen) atoms. The first-order valence-electron chi connectivity index (χ1n) is 6.11. The van der Waals surface area contributed by atoms with Gasteiger partial charge in [-0.25, -0.2) is 0 Å². The molecule has 0 bridgehead atoms. The highest BCUT2D eigenvalue weighted by Gasteiger charge is 2.11. The molecule has 0 aliphatic rings. The van der Waals surface area contributed by atoms with Gasteiger partial charge in [0.25, 0.3) is 5.91 Å². The summed E-state index contributed by atoms with van der Waals surface area (Å²) in [7, 11) is 0. The number of benzene rings is 1. The zero-order chi connectivity index (χ0) is 13.8. The highest BCUT2D eigenvalue weighted by molar-refractivity contribution is 5.91. The number of furan rings is 1. The van der Waals surface area contributed by atoms with Crippen molar-refractivity contribution in [2.45, 2.75) is 6.54 Å². The molecule has 2 aromatic heterocycles. The van der Waals surface area contributed by atoms with Crippen LogP contribution in [0.4, 0.5) is 0 Å². The number of carbonyl (C=O) groups excluding carboxylic acids is 1. The number of amides is 1. The minimum absolute atomic E-state index is 0.264. The smallest absolute Gasteiger partial charge is 0.273 e. The van der Waals surface area contributed by atoms with Gasteiger partial charge in [0.2, 0.25) is 0 Å². The summed E-state index contributed by atoms with van der Waals surface area (Å²) in [6.45, 7) is 0.323. The number of nitrogens with zero attached hydrogens (tertiary/aromatic N) is 3. The highest BCUT2D eigenvalue weighted by atomic mass is 16.3. The number of hydrogen-bond donors (Lipinski definition) is 1. The van der Waals surface area contributed by atoms with E-state index >= 15 is 0 Å². The molecule has 0 atom stereocenters. The minimum atomic E-state index is -0.288. The van der Waals surface area contributed by atoms with E-state index in [0.717, 1.165) is 5.69 Å². The van der Waals surface area contributed by atoms with Crippen molar-refractivity contribution >= 4 is 5.91 Å². The summed E-state index contributed by atoms with van der Waals surface area (Å²) >= 11 is 0. The predicted octanol–water partition coefficient (Wildman–Crippen LogP) is 1.79. The van der Waals surface area contributed by atoms with E-state index < -0.39 is 0 Å². The average Bonchev–Trinajstić information content (AvgIpc) is 3.17. The number of nitrogens with one attached hydrogen (secondary N) is 1. The lowest BCUT2D eigenvalue weighted by Crippen LogP contribution is -2.23. The van der Waals surface area contributed by atoms with Crippen LogP contribution >= 0.6 is 0 Å². The lowest BCUT2D eigenvalue weighted by Gasteiger charge is -2.00. The summed E-state index contributed by atoms with van der Waals surface area (Å²) in [5.74, 6) is 0.400. The van der Waals surface area contributed by atoms with Crippen LogP contribution in [0.3, 0.4) is 0 Å². The Hall–Kier alpha value is -2.89. The maximum absolute atomic E-state index is 11.9. The van der Waals surface area contributed by atoms with E-state index in [0.29, 0.717) is 12.3 Å². The van der Waals surface area contributed by atoms with E-state index in [9.17, 15) is 4.79 Å². The van der Waals surface area contributed by atoms with Crippen LogP contribution in [-0.2, 0) is 6.54 Å². The molecule has 100 valence electrons. The van der Waals surface area contributed by atoms with Crippen LogP contribution in [-0.4, -0.2) is 20.9 Å². The Morgan fingerprint density at radius 1 is 1.20 bits per heavy atom. The van der Waals surface area contributed by atoms with Gasteiger partial charge < -0.3 is 9.73 Å². The fourth-order valence-corrected chi connectivity index (χ4v) is 1.72. The first-order valence-corrected chi connectivity index (χ1v) is 6.11. The van der Waals surface area contributed by atoms with Crippen LogP contribution in [0, 0.1) is 0 Å². The largest absolute Gasteiger partial charge is 0.467 e. The molecule has 1 aromatic carbocycles. The molecule has 3 aromatic rings. The van der Waals surface area contributed by atoms with Crippen molar-refractivity contribution in [3.63, 3.8) is 0 Å². The molecule has 1 N–H and O–H groups in total. The topological polar surface area (TPSA) is 73.0 Å². The molecular weight excluding hydrogens is 256 g/mol. The van der Waals surface area contributed by atoms with Gasteiger partial charge in [-0.05, 0) is 24.3 Å². The third kappa shape index (κ3) is 2.59. The summed E-state index contributed by atoms with van der Waals surface area (Å²) in [5.41, 5.74) is 1.07. The number of rotatable bonds is 4. The molecule has 0 unspecified atom stereocenters. The highest BCUT2D eigenvalue weighted by Crippen LogP contribution is 2.04. The molecule has 1 amide bonds. The zero-order valence-corrected chi connectivity index (χ0v) is 10.6. The quantitative estimate of drug-likeness (QED) is 0.783. The Kier molecular flexibility index (Phi) is 3.28. The Labute approximate surface area is 115 Å². The maximum Gasteiger partial charge on any atom is 0.273 e. The van der Waals surface area contributed by atoms with Gasteiger partial charge in [-0.15, -0.1) is 5.10 Å². The van der Waals surface area contributed by atoms with E-state index in [2.05, 4.69) is 15.5 Å². The van der Waals surface area contributed by atoms with Crippen molar-refractivity contribution in [3.8, 4) is 5.69 Å². The Balaban J connectivity index is 1.69. The summed E-state index contributed by atoms with van der Waals surface area (Å²) < 4.78 is 5.14. The summed E-state index contributed by atoms with van der Waals surface area (Å²) in [6.07, 6.45) is 3.00. The second kappa shape index (κ2) is 5.40. The number of para-hydroxylation sites is 1. The monoisotopic (exact) mass is 268 g/mol. The van der Waals surface area contributed by atoms with Crippen LogP contribution in [0.2, 0.25) is 0 Å². The van der Waals surface area contributed by atoms with Crippen molar-refractivity contribution in [1.82, 2.24) is 20.3 Å². The Bertz CT molecular complexity index is 689. The first-order chi connectivity index (χ1) is 9.83. The molecule has 6 nitrogen and oxygen atoms in total. The number of hydrogen-bond acceptors (Lipinski definition) is 4. The second-order valence-corrected chi connectivity index (χ2v) is 4.12. The average molecular weight is 268 g/mol. The Morgan fingerprint density at radius 2 is 2.05 bits per heavy atom. The van der Waals surface area contributed by atoms with Gasteiger partial charge in [0.1, 0.15) is 5.76 Å². The molecule has 0 spiro atoms. The molecule has 0 fully saturated rings. The van der Waals surface area contributed by atoms with Crippen LogP contribution in [0.1, 0.15) is 16.2 Å². The summed E-state index contributed by atoms with van der Waals surface area (Å²) in [5, 5.41) is 10.9. The van der Waals surface area contributed by atoms with Crippen LogP contribution in [0.5, 0.6) is 0 Å².